The molecule has 0 bridgehead atoms. The van der Waals surface area contributed by atoms with Crippen molar-refractivity contribution in [2.45, 2.75) is 251 Å². The van der Waals surface area contributed by atoms with Crippen LogP contribution in [0.5, 0.6) is 0 Å². The number of nitrogens with one attached hydrogen (secondary N) is 1. The Balaban J connectivity index is 4.37. The first-order chi connectivity index (χ1) is 32.5. The predicted molar refractivity (Wildman–Crippen MR) is 290 cm³/mol. The maximum absolute atomic E-state index is 13.0. The highest BCUT2D eigenvalue weighted by Crippen LogP contribution is 2.43. The number of carbonyl (C=O) groups is 1. The first kappa shape index (κ1) is 64.9. The lowest BCUT2D eigenvalue weighted by Gasteiger charge is -2.25. The molecule has 0 rings (SSSR count). The molecule has 0 aliphatic carbocycles. The molecule has 0 aromatic heterocycles. The summed E-state index contributed by atoms with van der Waals surface area (Å²) in [7, 11) is 1.53. The summed E-state index contributed by atoms with van der Waals surface area (Å²) in [6.07, 6.45) is 67.1. The smallest absolute Gasteiger partial charge is 0.387 e. The summed E-state index contributed by atoms with van der Waals surface area (Å²) >= 11 is 0. The predicted octanol–water partition coefficient (Wildman–Crippen LogP) is 16.7. The Bertz CT molecular complexity index is 1320. The second-order valence-corrected chi connectivity index (χ2v) is 21.4. The van der Waals surface area contributed by atoms with Crippen LogP contribution in [0.15, 0.2) is 72.9 Å². The molecule has 390 valence electrons. The fourth-order valence-corrected chi connectivity index (χ4v) is 8.46. The van der Waals surface area contributed by atoms with Crippen molar-refractivity contribution in [3.05, 3.63) is 72.9 Å². The van der Waals surface area contributed by atoms with Crippen molar-refractivity contribution in [1.82, 2.24) is 5.32 Å². The Hall–Kier alpha value is -2.06. The molecule has 0 fully saturated rings. The number of phosphoric acid groups is 1. The van der Waals surface area contributed by atoms with E-state index >= 15 is 0 Å². The molecule has 3 atom stereocenters. The van der Waals surface area contributed by atoms with E-state index in [9.17, 15) is 19.4 Å². The van der Waals surface area contributed by atoms with Crippen LogP contribution in [0.25, 0.3) is 0 Å². The molecule has 0 aromatic carbocycles. The van der Waals surface area contributed by atoms with Crippen LogP contribution in [0.2, 0.25) is 0 Å². The molecule has 0 heterocycles. The molecule has 0 aromatic rings. The molecular formula is C58H108N2O6P+. The monoisotopic (exact) mass is 960 g/mol. The van der Waals surface area contributed by atoms with E-state index in [1.807, 2.05) is 27.2 Å². The van der Waals surface area contributed by atoms with E-state index in [4.69, 9.17) is 9.05 Å². The average molecular weight is 960 g/mol. The third kappa shape index (κ3) is 51.6. The maximum Gasteiger partial charge on any atom is 0.472 e. The normalized spacial score (nSPS) is 14.6. The summed E-state index contributed by atoms with van der Waals surface area (Å²) in [5.41, 5.74) is 0. The van der Waals surface area contributed by atoms with Gasteiger partial charge in [0.05, 0.1) is 39.9 Å². The number of aliphatic hydroxyl groups is 1. The number of allylic oxidation sites excluding steroid dienone is 11. The molecule has 0 saturated carbocycles. The lowest BCUT2D eigenvalue weighted by atomic mass is 10.0. The van der Waals surface area contributed by atoms with Gasteiger partial charge in [0.25, 0.3) is 0 Å². The molecule has 67 heavy (non-hydrogen) atoms. The summed E-state index contributed by atoms with van der Waals surface area (Å²) in [4.78, 5) is 23.3. The van der Waals surface area contributed by atoms with Crippen molar-refractivity contribution in [1.29, 1.82) is 0 Å². The maximum atomic E-state index is 13.0. The number of nitrogens with zero attached hydrogens (tertiary/aromatic N) is 1. The van der Waals surface area contributed by atoms with Crippen molar-refractivity contribution >= 4 is 13.7 Å². The molecule has 0 aliphatic heterocycles. The van der Waals surface area contributed by atoms with Crippen molar-refractivity contribution in [3.8, 4) is 0 Å². The van der Waals surface area contributed by atoms with Gasteiger partial charge in [-0.3, -0.25) is 13.8 Å². The first-order valence-corrected chi connectivity index (χ1v) is 29.3. The van der Waals surface area contributed by atoms with Gasteiger partial charge in [0.1, 0.15) is 13.2 Å². The average Bonchev–Trinajstić information content (AvgIpc) is 3.29. The largest absolute Gasteiger partial charge is 0.472 e. The van der Waals surface area contributed by atoms with E-state index in [1.54, 1.807) is 6.08 Å². The molecular weight excluding hydrogens is 852 g/mol. The number of aliphatic hydroxyl groups excluding tert-OH is 1. The van der Waals surface area contributed by atoms with Crippen LogP contribution in [0.3, 0.4) is 0 Å². The number of unbranched alkanes of at least 4 members (excludes halogenated alkanes) is 27. The minimum Gasteiger partial charge on any atom is -0.387 e. The van der Waals surface area contributed by atoms with Crippen molar-refractivity contribution in [2.75, 3.05) is 40.9 Å². The quantitative estimate of drug-likeness (QED) is 0.0243. The van der Waals surface area contributed by atoms with E-state index in [-0.39, 0.29) is 19.1 Å². The number of likely N-dealkylation sites (N-methyl/N-ethyl adjacent to an activating group) is 1. The minimum atomic E-state index is -4.37. The summed E-state index contributed by atoms with van der Waals surface area (Å²) < 4.78 is 23.7. The van der Waals surface area contributed by atoms with Crippen LogP contribution in [0.1, 0.15) is 239 Å². The van der Waals surface area contributed by atoms with Crippen molar-refractivity contribution in [2.24, 2.45) is 0 Å². The molecule has 1 amide bonds. The summed E-state index contributed by atoms with van der Waals surface area (Å²) in [6.45, 7) is 4.77. The number of hydrogen-bond acceptors (Lipinski definition) is 5. The van der Waals surface area contributed by atoms with E-state index in [2.05, 4.69) is 79.9 Å². The highest BCUT2D eigenvalue weighted by atomic mass is 31.2. The lowest BCUT2D eigenvalue weighted by molar-refractivity contribution is -0.870. The number of rotatable bonds is 50. The molecule has 3 unspecified atom stereocenters. The molecule has 9 heteroatoms. The van der Waals surface area contributed by atoms with Gasteiger partial charge in [-0.15, -0.1) is 0 Å². The molecule has 0 spiro atoms. The standard InChI is InChI=1S/C58H107N2O6P/c1-6-8-10-12-14-16-18-20-22-24-26-28-29-30-32-33-35-37-39-41-43-45-47-49-51-57(61)56(55-66-67(63,64)65-54-53-60(3,4)5)59-58(62)52-50-48-46-44-42-40-38-36-34-31-27-25-23-21-19-17-15-13-11-9-7-2/h19,21,25,27,33-36,41,43,49,51,56-57,61H,6-18,20,22-24,26,28-32,37-40,42,44-48,50,52-55H2,1-5H3,(H-,59,62,63,64)/p+1/b21-19-,27-25-,35-33+,36-34-,43-41+,51-49+. The zero-order chi connectivity index (χ0) is 49.2. The third-order valence-corrected chi connectivity index (χ3v) is 13.1. The van der Waals surface area contributed by atoms with E-state index < -0.39 is 20.0 Å². The van der Waals surface area contributed by atoms with Crippen molar-refractivity contribution < 1.29 is 32.9 Å². The summed E-state index contributed by atoms with van der Waals surface area (Å²) in [5.74, 6) is -0.204. The second kappa shape index (κ2) is 48.9. The Labute approximate surface area is 414 Å². The first-order valence-electron chi connectivity index (χ1n) is 27.8. The number of carbonyl (C=O) groups excluding carboxylic acids is 1. The van der Waals surface area contributed by atoms with Gasteiger partial charge >= 0.3 is 7.82 Å². The SMILES string of the molecule is CCCCCCC/C=C\C/C=C\C/C=C\CCCCCCCCC(=O)NC(COP(=O)(O)OCC[N+](C)(C)C)C(O)/C=C/CC/C=C/CC/C=C/CCCCCCCCCCCCCCCC. The Morgan fingerprint density at radius 2 is 0.866 bits per heavy atom. The third-order valence-electron chi connectivity index (χ3n) is 12.1. The number of quaternary nitrogens is 1. The molecule has 0 saturated heterocycles. The minimum absolute atomic E-state index is 0.0477. The number of amides is 1. The van der Waals surface area contributed by atoms with Crippen LogP contribution < -0.4 is 5.32 Å². The van der Waals surface area contributed by atoms with Crippen LogP contribution >= 0.6 is 7.82 Å². The molecule has 8 nitrogen and oxygen atoms in total. The topological polar surface area (TPSA) is 105 Å². The van der Waals surface area contributed by atoms with Gasteiger partial charge in [-0.1, -0.05) is 222 Å². The fourth-order valence-electron chi connectivity index (χ4n) is 7.73. The van der Waals surface area contributed by atoms with Gasteiger partial charge in [0, 0.05) is 6.42 Å². The zero-order valence-electron chi connectivity index (χ0n) is 44.4. The second-order valence-electron chi connectivity index (χ2n) is 19.9. The number of hydrogen-bond donors (Lipinski definition) is 3. The molecule has 3 N–H and O–H groups in total. The van der Waals surface area contributed by atoms with E-state index in [0.29, 0.717) is 17.4 Å². The fraction of sp³-hybridized carbons (Fsp3) is 0.776. The van der Waals surface area contributed by atoms with Gasteiger partial charge in [-0.05, 0) is 83.5 Å². The van der Waals surface area contributed by atoms with E-state index in [1.165, 1.54) is 148 Å². The van der Waals surface area contributed by atoms with Crippen LogP contribution in [-0.2, 0) is 18.4 Å². The highest BCUT2D eigenvalue weighted by Gasteiger charge is 2.27. The number of phosphoric ester groups is 1. The molecule has 0 aliphatic rings. The van der Waals surface area contributed by atoms with Gasteiger partial charge in [0.15, 0.2) is 0 Å². The Morgan fingerprint density at radius 1 is 0.507 bits per heavy atom. The van der Waals surface area contributed by atoms with Crippen LogP contribution in [0, 0.1) is 0 Å². The summed E-state index contributed by atoms with van der Waals surface area (Å²) in [6, 6.07) is -0.881. The Kier molecular flexibility index (Phi) is 47.4. The van der Waals surface area contributed by atoms with Gasteiger partial charge in [-0.2, -0.15) is 0 Å². The van der Waals surface area contributed by atoms with Gasteiger partial charge in [0.2, 0.25) is 5.91 Å². The van der Waals surface area contributed by atoms with Crippen molar-refractivity contribution in [3.63, 3.8) is 0 Å². The van der Waals surface area contributed by atoms with E-state index in [0.717, 1.165) is 70.6 Å². The van der Waals surface area contributed by atoms with Crippen LogP contribution in [0.4, 0.5) is 0 Å². The van der Waals surface area contributed by atoms with Crippen LogP contribution in [-0.4, -0.2) is 73.4 Å². The lowest BCUT2D eigenvalue weighted by Crippen LogP contribution is -2.45. The highest BCUT2D eigenvalue weighted by molar-refractivity contribution is 7.47. The Morgan fingerprint density at radius 3 is 1.30 bits per heavy atom. The molecule has 0 radical (unpaired) electrons. The van der Waals surface area contributed by atoms with Gasteiger partial charge < -0.3 is 19.8 Å². The van der Waals surface area contributed by atoms with Gasteiger partial charge in [-0.25, -0.2) is 4.57 Å². The zero-order valence-corrected chi connectivity index (χ0v) is 45.3. The summed E-state index contributed by atoms with van der Waals surface area (Å²) in [5, 5.41) is 13.9.